The molecule has 1 fully saturated rings. The Morgan fingerprint density at radius 1 is 1.59 bits per heavy atom. The van der Waals surface area contributed by atoms with Crippen molar-refractivity contribution in [3.05, 3.63) is 28.5 Å². The van der Waals surface area contributed by atoms with Gasteiger partial charge in [0.2, 0.25) is 0 Å². The molecule has 0 saturated carbocycles. The highest BCUT2D eigenvalue weighted by Crippen LogP contribution is 2.22. The van der Waals surface area contributed by atoms with Crippen LogP contribution in [-0.4, -0.2) is 34.2 Å². The molecular weight excluding hydrogens is 348 g/mol. The summed E-state index contributed by atoms with van der Waals surface area (Å²) in [6.07, 6.45) is 3.93. The van der Waals surface area contributed by atoms with Gasteiger partial charge in [0.25, 0.3) is 5.91 Å². The third kappa shape index (κ3) is 3.07. The van der Waals surface area contributed by atoms with E-state index in [1.54, 1.807) is 6.20 Å². The quantitative estimate of drug-likeness (QED) is 0.758. The van der Waals surface area contributed by atoms with Gasteiger partial charge >= 0.3 is 0 Å². The molecule has 1 saturated heterocycles. The van der Waals surface area contributed by atoms with E-state index in [1.165, 1.54) is 6.42 Å². The summed E-state index contributed by atoms with van der Waals surface area (Å²) in [5, 5.41) is 0.958. The lowest BCUT2D eigenvalue weighted by Crippen LogP contribution is -2.40. The third-order valence-electron chi connectivity index (χ3n) is 2.99. The molecule has 1 unspecified atom stereocenters. The van der Waals surface area contributed by atoms with Crippen molar-refractivity contribution in [1.82, 2.24) is 9.88 Å². The molecule has 1 amide bonds. The van der Waals surface area contributed by atoms with Crippen LogP contribution in [0.15, 0.2) is 22.8 Å². The normalized spacial score (nSPS) is 20.4. The van der Waals surface area contributed by atoms with E-state index in [4.69, 9.17) is 0 Å². The number of pyridine rings is 1. The van der Waals surface area contributed by atoms with Gasteiger partial charge in [-0.15, -0.1) is 0 Å². The van der Waals surface area contributed by atoms with E-state index < -0.39 is 0 Å². The zero-order valence-electron chi connectivity index (χ0n) is 9.40. The second-order valence-electron chi connectivity index (χ2n) is 4.25. The van der Waals surface area contributed by atoms with Gasteiger partial charge in [-0.25, -0.2) is 4.98 Å². The maximum atomic E-state index is 12.3. The Hall–Kier alpha value is -0.420. The Labute approximate surface area is 118 Å². The number of likely N-dealkylation sites (tertiary alicyclic amines) is 1. The van der Waals surface area contributed by atoms with E-state index in [9.17, 15) is 4.79 Å². The highest BCUT2D eigenvalue weighted by atomic mass is 79.9. The van der Waals surface area contributed by atoms with Crippen molar-refractivity contribution in [3.63, 3.8) is 0 Å². The van der Waals surface area contributed by atoms with Crippen molar-refractivity contribution in [2.75, 3.05) is 18.4 Å². The van der Waals surface area contributed by atoms with E-state index in [1.807, 2.05) is 17.0 Å². The number of amides is 1. The Bertz CT molecular complexity index is 411. The highest BCUT2D eigenvalue weighted by molar-refractivity contribution is 9.10. The number of hydrogen-bond donors (Lipinski definition) is 0. The highest BCUT2D eigenvalue weighted by Gasteiger charge is 2.25. The van der Waals surface area contributed by atoms with Crippen LogP contribution in [0.2, 0.25) is 0 Å². The van der Waals surface area contributed by atoms with Crippen LogP contribution in [-0.2, 0) is 0 Å². The second kappa shape index (κ2) is 5.96. The summed E-state index contributed by atoms with van der Waals surface area (Å²) in [6, 6.07) is 3.67. The predicted octanol–water partition coefficient (Wildman–Crippen LogP) is 3.09. The lowest BCUT2D eigenvalue weighted by molar-refractivity contribution is 0.0679. The Morgan fingerprint density at radius 3 is 3.12 bits per heavy atom. The molecular formula is C12H14Br2N2O. The van der Waals surface area contributed by atoms with Crippen LogP contribution in [0.1, 0.15) is 23.3 Å². The van der Waals surface area contributed by atoms with E-state index in [-0.39, 0.29) is 5.91 Å². The molecule has 2 rings (SSSR count). The van der Waals surface area contributed by atoms with Gasteiger partial charge in [-0.05, 0) is 46.8 Å². The SMILES string of the molecule is O=C(c1ncccc1Br)N1CCCC(CBr)C1. The minimum Gasteiger partial charge on any atom is -0.337 e. The van der Waals surface area contributed by atoms with Gasteiger partial charge in [0.1, 0.15) is 5.69 Å². The summed E-state index contributed by atoms with van der Waals surface area (Å²) < 4.78 is 0.769. The van der Waals surface area contributed by atoms with Crippen molar-refractivity contribution < 1.29 is 4.79 Å². The van der Waals surface area contributed by atoms with Crippen LogP contribution < -0.4 is 0 Å². The number of carbonyl (C=O) groups excluding carboxylic acids is 1. The molecule has 1 aromatic heterocycles. The van der Waals surface area contributed by atoms with Gasteiger partial charge in [0.05, 0.1) is 0 Å². The molecule has 0 aliphatic carbocycles. The summed E-state index contributed by atoms with van der Waals surface area (Å²) in [5.74, 6) is 0.596. The average Bonchev–Trinajstić information content (AvgIpc) is 2.38. The lowest BCUT2D eigenvalue weighted by Gasteiger charge is -2.31. The monoisotopic (exact) mass is 360 g/mol. The van der Waals surface area contributed by atoms with Gasteiger partial charge in [-0.2, -0.15) is 0 Å². The van der Waals surface area contributed by atoms with E-state index in [2.05, 4.69) is 36.8 Å². The van der Waals surface area contributed by atoms with Gasteiger partial charge in [-0.3, -0.25) is 4.79 Å². The molecule has 1 atom stereocenters. The van der Waals surface area contributed by atoms with Crippen LogP contribution in [0.5, 0.6) is 0 Å². The zero-order valence-corrected chi connectivity index (χ0v) is 12.6. The first-order chi connectivity index (χ1) is 8.22. The molecule has 0 bridgehead atoms. The smallest absolute Gasteiger partial charge is 0.273 e. The fourth-order valence-corrected chi connectivity index (χ4v) is 3.02. The largest absolute Gasteiger partial charge is 0.337 e. The number of halogens is 2. The molecule has 5 heteroatoms. The minimum absolute atomic E-state index is 0.0307. The maximum absolute atomic E-state index is 12.3. The standard InChI is InChI=1S/C12H14Br2N2O/c13-7-9-3-2-6-16(8-9)12(17)11-10(14)4-1-5-15-11/h1,4-5,9H,2-3,6-8H2. The molecule has 1 aromatic rings. The Balaban J connectivity index is 2.12. The third-order valence-corrected chi connectivity index (χ3v) is 4.54. The van der Waals surface area contributed by atoms with E-state index in [0.29, 0.717) is 11.6 Å². The van der Waals surface area contributed by atoms with Crippen molar-refractivity contribution in [2.24, 2.45) is 5.92 Å². The molecule has 0 aromatic carbocycles. The van der Waals surface area contributed by atoms with Crippen molar-refractivity contribution >= 4 is 37.8 Å². The number of carbonyl (C=O) groups is 1. The Kier molecular flexibility index (Phi) is 4.56. The molecule has 92 valence electrons. The van der Waals surface area contributed by atoms with Gasteiger partial charge in [0, 0.05) is 29.1 Å². The maximum Gasteiger partial charge on any atom is 0.273 e. The zero-order chi connectivity index (χ0) is 12.3. The minimum atomic E-state index is 0.0307. The summed E-state index contributed by atoms with van der Waals surface area (Å²) >= 11 is 6.87. The van der Waals surface area contributed by atoms with Gasteiger partial charge in [0.15, 0.2) is 0 Å². The first kappa shape index (κ1) is 13.0. The second-order valence-corrected chi connectivity index (χ2v) is 5.75. The summed E-state index contributed by atoms with van der Waals surface area (Å²) in [5.41, 5.74) is 0.516. The first-order valence-corrected chi connectivity index (χ1v) is 7.59. The molecule has 0 spiro atoms. The van der Waals surface area contributed by atoms with Crippen molar-refractivity contribution in [3.8, 4) is 0 Å². The fourth-order valence-electron chi connectivity index (χ4n) is 2.07. The average molecular weight is 362 g/mol. The van der Waals surface area contributed by atoms with Crippen LogP contribution in [0.3, 0.4) is 0 Å². The summed E-state index contributed by atoms with van der Waals surface area (Å²) in [6.45, 7) is 1.67. The molecule has 0 N–H and O–H groups in total. The van der Waals surface area contributed by atoms with Crippen molar-refractivity contribution in [1.29, 1.82) is 0 Å². The van der Waals surface area contributed by atoms with Crippen LogP contribution in [0.4, 0.5) is 0 Å². The topological polar surface area (TPSA) is 33.2 Å². The molecule has 3 nitrogen and oxygen atoms in total. The predicted molar refractivity (Wildman–Crippen MR) is 74.4 cm³/mol. The van der Waals surface area contributed by atoms with Crippen LogP contribution in [0.25, 0.3) is 0 Å². The van der Waals surface area contributed by atoms with Crippen LogP contribution >= 0.6 is 31.9 Å². The van der Waals surface area contributed by atoms with Gasteiger partial charge in [-0.1, -0.05) is 15.9 Å². The molecule has 1 aliphatic rings. The number of rotatable bonds is 2. The number of alkyl halides is 1. The van der Waals surface area contributed by atoms with E-state index >= 15 is 0 Å². The summed E-state index contributed by atoms with van der Waals surface area (Å²) in [7, 11) is 0. The number of hydrogen-bond acceptors (Lipinski definition) is 2. The Morgan fingerprint density at radius 2 is 2.41 bits per heavy atom. The van der Waals surface area contributed by atoms with Gasteiger partial charge < -0.3 is 4.90 Å². The molecule has 1 aliphatic heterocycles. The number of piperidine rings is 1. The lowest BCUT2D eigenvalue weighted by atomic mass is 10.00. The molecule has 2 heterocycles. The van der Waals surface area contributed by atoms with E-state index in [0.717, 1.165) is 29.3 Å². The van der Waals surface area contributed by atoms with Crippen molar-refractivity contribution in [2.45, 2.75) is 12.8 Å². The number of aromatic nitrogens is 1. The first-order valence-electron chi connectivity index (χ1n) is 5.68. The fraction of sp³-hybridized carbons (Fsp3) is 0.500. The molecule has 0 radical (unpaired) electrons. The summed E-state index contributed by atoms with van der Waals surface area (Å²) in [4.78, 5) is 18.4. The molecule has 17 heavy (non-hydrogen) atoms. The van der Waals surface area contributed by atoms with Crippen LogP contribution in [0, 0.1) is 5.92 Å². The number of nitrogens with zero attached hydrogens (tertiary/aromatic N) is 2.